The molecule has 9 aromatic carbocycles. The third-order valence-corrected chi connectivity index (χ3v) is 14.3. The molecule has 0 saturated heterocycles. The Morgan fingerprint density at radius 2 is 0.707 bits per heavy atom. The summed E-state index contributed by atoms with van der Waals surface area (Å²) in [6, 6.07) is 65.9. The fourth-order valence-corrected chi connectivity index (χ4v) is 11.9. The third kappa shape index (κ3) is 4.64. The Bertz CT molecular complexity index is 3750. The Morgan fingerprint density at radius 3 is 1.26 bits per heavy atom. The third-order valence-electron chi connectivity index (χ3n) is 11.9. The maximum atomic E-state index is 6.75. The van der Waals surface area contributed by atoms with E-state index in [0.717, 1.165) is 44.6 Å². The lowest BCUT2D eigenvalue weighted by molar-refractivity contribution is 0.632. The van der Waals surface area contributed by atoms with Crippen LogP contribution in [-0.4, -0.2) is 0 Å². The molecule has 0 aliphatic carbocycles. The van der Waals surface area contributed by atoms with Crippen LogP contribution in [0.15, 0.2) is 191 Å². The Hall–Kier alpha value is -6.98. The zero-order chi connectivity index (χ0) is 37.9. The van der Waals surface area contributed by atoms with E-state index in [-0.39, 0.29) is 0 Å². The molecule has 0 amide bonds. The fraction of sp³-hybridized carbons (Fsp3) is 0. The second-order valence-electron chi connectivity index (χ2n) is 15.1. The van der Waals surface area contributed by atoms with E-state index in [1.165, 1.54) is 84.1 Å². The normalized spacial score (nSPS) is 12.1. The fourth-order valence-electron chi connectivity index (χ4n) is 9.31. The number of hydrogen-bond donors (Lipinski definition) is 0. The van der Waals surface area contributed by atoms with E-state index in [1.807, 2.05) is 34.8 Å². The molecule has 0 aliphatic rings. The molecule has 0 unspecified atom stereocenters. The van der Waals surface area contributed by atoms with Crippen LogP contribution in [0, 0.1) is 0 Å². The van der Waals surface area contributed by atoms with Crippen molar-refractivity contribution < 1.29 is 8.83 Å². The van der Waals surface area contributed by atoms with Gasteiger partial charge in [0.1, 0.15) is 22.7 Å². The van der Waals surface area contributed by atoms with Gasteiger partial charge >= 0.3 is 0 Å². The smallest absolute Gasteiger partial charge is 0.137 e. The van der Waals surface area contributed by atoms with Crippen LogP contribution in [0.2, 0.25) is 0 Å². The highest BCUT2D eigenvalue weighted by Crippen LogP contribution is 2.55. The van der Waals surface area contributed by atoms with E-state index in [4.69, 9.17) is 8.83 Å². The van der Waals surface area contributed by atoms with Gasteiger partial charge in [-0.2, -0.15) is 0 Å². The topological polar surface area (TPSA) is 26.3 Å². The number of hydrogen-bond acceptors (Lipinski definition) is 4. The monoisotopic (exact) mass is 774 g/mol. The van der Waals surface area contributed by atoms with Crippen LogP contribution < -0.4 is 0 Å². The molecule has 0 bridgehead atoms. The average Bonchev–Trinajstić information content (AvgIpc) is 4.07. The number of para-hydroxylation sites is 2. The zero-order valence-corrected chi connectivity index (χ0v) is 32.6. The van der Waals surface area contributed by atoms with Crippen LogP contribution in [0.3, 0.4) is 0 Å². The first-order chi connectivity index (χ1) is 28.7. The molecule has 4 aromatic heterocycles. The highest BCUT2D eigenvalue weighted by atomic mass is 32.1. The summed E-state index contributed by atoms with van der Waals surface area (Å²) in [4.78, 5) is 2.42. The summed E-state index contributed by atoms with van der Waals surface area (Å²) in [5.74, 6) is 1.77. The minimum Gasteiger partial charge on any atom is -0.456 e. The molecule has 2 nitrogen and oxygen atoms in total. The molecule has 0 spiro atoms. The predicted molar refractivity (Wildman–Crippen MR) is 249 cm³/mol. The van der Waals surface area contributed by atoms with Crippen molar-refractivity contribution in [2.45, 2.75) is 0 Å². The first-order valence-electron chi connectivity index (χ1n) is 19.6. The van der Waals surface area contributed by atoms with Gasteiger partial charge in [0.25, 0.3) is 0 Å². The van der Waals surface area contributed by atoms with Gasteiger partial charge in [0, 0.05) is 63.0 Å². The predicted octanol–water partition coefficient (Wildman–Crippen LogP) is 16.9. The summed E-state index contributed by atoms with van der Waals surface area (Å²) in [6.07, 6.45) is 0. The summed E-state index contributed by atoms with van der Waals surface area (Å²) < 4.78 is 16.0. The molecule has 13 rings (SSSR count). The Labute approximate surface area is 340 Å². The molecule has 0 N–H and O–H groups in total. The Balaban J connectivity index is 1.23. The number of rotatable bonds is 4. The second-order valence-corrected chi connectivity index (χ2v) is 17.2. The van der Waals surface area contributed by atoms with Crippen molar-refractivity contribution in [2.75, 3.05) is 0 Å². The molecule has 0 radical (unpaired) electrons. The molecule has 0 saturated carbocycles. The Kier molecular flexibility index (Phi) is 6.79. The van der Waals surface area contributed by atoms with Gasteiger partial charge in [0.05, 0.1) is 0 Å². The van der Waals surface area contributed by atoms with E-state index < -0.39 is 0 Å². The minimum atomic E-state index is 0.887. The number of thiophene rings is 2. The van der Waals surface area contributed by atoms with Crippen LogP contribution in [0.4, 0.5) is 0 Å². The molecule has 4 heteroatoms. The van der Waals surface area contributed by atoms with Crippen LogP contribution in [0.5, 0.6) is 0 Å². The van der Waals surface area contributed by atoms with Gasteiger partial charge in [-0.25, -0.2) is 0 Å². The summed E-state index contributed by atoms with van der Waals surface area (Å²) in [7, 11) is 0. The highest BCUT2D eigenvalue weighted by Gasteiger charge is 2.28. The van der Waals surface area contributed by atoms with Crippen molar-refractivity contribution in [3.8, 4) is 43.5 Å². The standard InChI is InChI=1S/C54H30O2S2/c1-4-16-35-31(13-1)25-26-32-27-41-42(30-40(32)35)50(54-52(39-20-8-12-24-48(39)58-54)46-29-34-15-3-10-22-44(34)56-46)37-18-6-5-17-36(37)49(41)53-51(38-19-7-11-23-47(38)57-53)45-28-33-14-2-9-21-43(33)55-45/h1-30H. The largest absolute Gasteiger partial charge is 0.456 e. The van der Waals surface area contributed by atoms with Gasteiger partial charge in [-0.3, -0.25) is 0 Å². The van der Waals surface area contributed by atoms with Gasteiger partial charge in [-0.05, 0) is 91.6 Å². The van der Waals surface area contributed by atoms with Crippen molar-refractivity contribution in [3.63, 3.8) is 0 Å². The van der Waals surface area contributed by atoms with E-state index in [9.17, 15) is 0 Å². The zero-order valence-electron chi connectivity index (χ0n) is 31.0. The molecule has 4 heterocycles. The molecule has 0 fully saturated rings. The number of fused-ring (bicyclic) bond motifs is 9. The van der Waals surface area contributed by atoms with Crippen molar-refractivity contribution in [1.82, 2.24) is 0 Å². The average molecular weight is 775 g/mol. The van der Waals surface area contributed by atoms with Gasteiger partial charge in [0.2, 0.25) is 0 Å². The van der Waals surface area contributed by atoms with Crippen molar-refractivity contribution >= 4 is 108 Å². The summed E-state index contributed by atoms with van der Waals surface area (Å²) in [5.41, 5.74) is 6.52. The van der Waals surface area contributed by atoms with Gasteiger partial charge in [-0.1, -0.05) is 133 Å². The first kappa shape index (κ1) is 32.1. The Morgan fingerprint density at radius 1 is 0.276 bits per heavy atom. The lowest BCUT2D eigenvalue weighted by atomic mass is 9.86. The molecule has 13 aromatic rings. The quantitative estimate of drug-likeness (QED) is 0.131. The van der Waals surface area contributed by atoms with Gasteiger partial charge in [-0.15, -0.1) is 22.7 Å². The molecular formula is C54H30O2S2. The number of benzene rings is 9. The van der Waals surface area contributed by atoms with Crippen LogP contribution >= 0.6 is 22.7 Å². The van der Waals surface area contributed by atoms with Crippen molar-refractivity contribution in [3.05, 3.63) is 182 Å². The number of furan rings is 2. The van der Waals surface area contributed by atoms with E-state index >= 15 is 0 Å². The molecule has 0 aliphatic heterocycles. The van der Waals surface area contributed by atoms with Crippen molar-refractivity contribution in [1.29, 1.82) is 0 Å². The second kappa shape index (κ2) is 12.3. The lowest BCUT2D eigenvalue weighted by Crippen LogP contribution is -1.91. The van der Waals surface area contributed by atoms with Crippen LogP contribution in [0.25, 0.3) is 129 Å². The van der Waals surface area contributed by atoms with Crippen molar-refractivity contribution in [2.24, 2.45) is 0 Å². The maximum absolute atomic E-state index is 6.75. The highest BCUT2D eigenvalue weighted by molar-refractivity contribution is 7.23. The maximum Gasteiger partial charge on any atom is 0.137 e. The summed E-state index contributed by atoms with van der Waals surface area (Å²) >= 11 is 3.71. The molecule has 0 atom stereocenters. The SMILES string of the molecule is c1ccc2oc(-c3c(-c4c5ccccc5c(-c5sc6ccccc6c5-c5cc6ccccc6o5)c5cc6c(ccc7ccccc76)cc45)sc4ccccc34)cc2c1. The minimum absolute atomic E-state index is 0.887. The van der Waals surface area contributed by atoms with Crippen LogP contribution in [-0.2, 0) is 0 Å². The van der Waals surface area contributed by atoms with E-state index in [0.29, 0.717) is 0 Å². The van der Waals surface area contributed by atoms with Crippen LogP contribution in [0.1, 0.15) is 0 Å². The first-order valence-corrected chi connectivity index (χ1v) is 21.2. The van der Waals surface area contributed by atoms with E-state index in [2.05, 4.69) is 170 Å². The summed E-state index contributed by atoms with van der Waals surface area (Å²) in [5, 5.41) is 14.4. The van der Waals surface area contributed by atoms with Gasteiger partial charge in [0.15, 0.2) is 0 Å². The van der Waals surface area contributed by atoms with E-state index in [1.54, 1.807) is 0 Å². The van der Waals surface area contributed by atoms with Gasteiger partial charge < -0.3 is 8.83 Å². The molecule has 58 heavy (non-hydrogen) atoms. The molecule has 270 valence electrons. The lowest BCUT2D eigenvalue weighted by Gasteiger charge is -2.19. The molecular weight excluding hydrogens is 745 g/mol. The summed E-state index contributed by atoms with van der Waals surface area (Å²) in [6.45, 7) is 0.